The van der Waals surface area contributed by atoms with Crippen LogP contribution in [0.15, 0.2) is 24.3 Å². The molecule has 0 radical (unpaired) electrons. The first-order valence-corrected chi connectivity index (χ1v) is 7.56. The fourth-order valence-electron chi connectivity index (χ4n) is 2.11. The Morgan fingerprint density at radius 3 is 2.55 bits per heavy atom. The van der Waals surface area contributed by atoms with Crippen LogP contribution in [-0.4, -0.2) is 13.7 Å². The van der Waals surface area contributed by atoms with Crippen molar-refractivity contribution in [3.05, 3.63) is 39.6 Å². The van der Waals surface area contributed by atoms with Crippen LogP contribution in [0.2, 0.25) is 0 Å². The van der Waals surface area contributed by atoms with Crippen molar-refractivity contribution in [2.75, 3.05) is 19.0 Å². The van der Waals surface area contributed by atoms with Crippen LogP contribution >= 0.6 is 11.3 Å². The van der Waals surface area contributed by atoms with Crippen LogP contribution in [0.1, 0.15) is 22.2 Å². The zero-order chi connectivity index (χ0) is 14.5. The molecule has 1 heterocycles. The minimum Gasteiger partial charge on any atom is -0.493 e. The van der Waals surface area contributed by atoms with E-state index in [0.717, 1.165) is 23.7 Å². The lowest BCUT2D eigenvalue weighted by Gasteiger charge is -2.12. The van der Waals surface area contributed by atoms with Crippen molar-refractivity contribution in [3.8, 4) is 11.5 Å². The Kier molecular flexibility index (Phi) is 4.90. The van der Waals surface area contributed by atoms with Crippen LogP contribution in [0.25, 0.3) is 0 Å². The summed E-state index contributed by atoms with van der Waals surface area (Å²) in [7, 11) is 1.66. The molecule has 20 heavy (non-hydrogen) atoms. The van der Waals surface area contributed by atoms with Crippen molar-refractivity contribution < 1.29 is 9.47 Å². The number of nitrogens with one attached hydrogen (secondary N) is 1. The third kappa shape index (κ3) is 3.45. The molecule has 2 aromatic rings. The van der Waals surface area contributed by atoms with E-state index in [9.17, 15) is 0 Å². The molecule has 0 aliphatic rings. The van der Waals surface area contributed by atoms with E-state index in [1.54, 1.807) is 7.11 Å². The first-order valence-electron chi connectivity index (χ1n) is 6.74. The maximum atomic E-state index is 5.52. The highest BCUT2D eigenvalue weighted by Gasteiger charge is 2.06. The fourth-order valence-corrected chi connectivity index (χ4v) is 3.05. The molecule has 0 saturated heterocycles. The highest BCUT2D eigenvalue weighted by molar-refractivity contribution is 7.12. The molecule has 2 rings (SSSR count). The Balaban J connectivity index is 2.08. The first-order chi connectivity index (χ1) is 9.63. The molecule has 0 atom stereocenters. The van der Waals surface area contributed by atoms with Crippen LogP contribution in [0.5, 0.6) is 11.5 Å². The van der Waals surface area contributed by atoms with Crippen molar-refractivity contribution >= 4 is 17.0 Å². The van der Waals surface area contributed by atoms with Gasteiger partial charge in [0.1, 0.15) is 0 Å². The number of anilines is 1. The zero-order valence-electron chi connectivity index (χ0n) is 12.4. The lowest BCUT2D eigenvalue weighted by atomic mass is 10.2. The molecule has 0 saturated carbocycles. The summed E-state index contributed by atoms with van der Waals surface area (Å²) < 4.78 is 10.9. The topological polar surface area (TPSA) is 30.5 Å². The molecule has 4 heteroatoms. The van der Waals surface area contributed by atoms with E-state index < -0.39 is 0 Å². The summed E-state index contributed by atoms with van der Waals surface area (Å²) in [5.41, 5.74) is 2.38. The fraction of sp³-hybridized carbons (Fsp3) is 0.375. The Hall–Kier alpha value is -1.68. The van der Waals surface area contributed by atoms with Crippen LogP contribution in [0.4, 0.5) is 5.69 Å². The number of thiophene rings is 1. The smallest absolute Gasteiger partial charge is 0.162 e. The van der Waals surface area contributed by atoms with Gasteiger partial charge >= 0.3 is 0 Å². The number of ether oxygens (including phenoxy) is 2. The average Bonchev–Trinajstić information content (AvgIpc) is 2.76. The van der Waals surface area contributed by atoms with Crippen LogP contribution in [-0.2, 0) is 6.54 Å². The van der Waals surface area contributed by atoms with Crippen molar-refractivity contribution in [1.82, 2.24) is 0 Å². The molecule has 108 valence electrons. The molecule has 1 aromatic carbocycles. The Morgan fingerprint density at radius 2 is 1.95 bits per heavy atom. The predicted octanol–water partition coefficient (Wildman–Crippen LogP) is 4.38. The minimum absolute atomic E-state index is 0.635. The highest BCUT2D eigenvalue weighted by Crippen LogP contribution is 2.30. The number of hydrogen-bond donors (Lipinski definition) is 1. The number of aryl methyl sites for hydroxylation is 2. The molecule has 1 N–H and O–H groups in total. The summed E-state index contributed by atoms with van der Waals surface area (Å²) in [6.07, 6.45) is 0. The SMILES string of the molecule is CCOc1ccc(NCc2cc(C)sc2C)cc1OC. The molecule has 0 aliphatic carbocycles. The second kappa shape index (κ2) is 6.66. The Bertz CT molecular complexity index is 578. The standard InChI is InChI=1S/C16H21NO2S/c1-5-19-15-7-6-14(9-16(15)18-4)17-10-13-8-11(2)20-12(13)3/h6-9,17H,5,10H2,1-4H3. The molecule has 0 fully saturated rings. The monoisotopic (exact) mass is 291 g/mol. The van der Waals surface area contributed by atoms with E-state index in [0.29, 0.717) is 6.61 Å². The Labute approximate surface area is 124 Å². The van der Waals surface area contributed by atoms with Crippen molar-refractivity contribution in [3.63, 3.8) is 0 Å². The molecule has 0 bridgehead atoms. The van der Waals surface area contributed by atoms with E-state index in [2.05, 4.69) is 25.2 Å². The van der Waals surface area contributed by atoms with E-state index in [4.69, 9.17) is 9.47 Å². The average molecular weight is 291 g/mol. The second-order valence-corrected chi connectivity index (χ2v) is 6.05. The summed E-state index contributed by atoms with van der Waals surface area (Å²) in [6, 6.07) is 8.16. The van der Waals surface area contributed by atoms with Gasteiger partial charge in [-0.1, -0.05) is 0 Å². The maximum Gasteiger partial charge on any atom is 0.162 e. The van der Waals surface area contributed by atoms with Gasteiger partial charge in [0.15, 0.2) is 11.5 Å². The number of rotatable bonds is 6. The molecule has 0 unspecified atom stereocenters. The lowest BCUT2D eigenvalue weighted by Crippen LogP contribution is -2.01. The van der Waals surface area contributed by atoms with Crippen LogP contribution in [0.3, 0.4) is 0 Å². The van der Waals surface area contributed by atoms with E-state index in [-0.39, 0.29) is 0 Å². The molecule has 0 aliphatic heterocycles. The molecule has 0 amide bonds. The van der Waals surface area contributed by atoms with Crippen molar-refractivity contribution in [2.45, 2.75) is 27.3 Å². The molecular formula is C16H21NO2S. The number of methoxy groups -OCH3 is 1. The third-order valence-electron chi connectivity index (χ3n) is 3.09. The van der Waals surface area contributed by atoms with Gasteiger partial charge in [0.25, 0.3) is 0 Å². The molecule has 3 nitrogen and oxygen atoms in total. The Morgan fingerprint density at radius 1 is 1.15 bits per heavy atom. The van der Waals surface area contributed by atoms with Gasteiger partial charge in [-0.3, -0.25) is 0 Å². The number of hydrogen-bond acceptors (Lipinski definition) is 4. The number of benzene rings is 1. The third-order valence-corrected chi connectivity index (χ3v) is 4.10. The summed E-state index contributed by atoms with van der Waals surface area (Å²) in [5.74, 6) is 1.54. The zero-order valence-corrected chi connectivity index (χ0v) is 13.3. The van der Waals surface area contributed by atoms with Gasteiger partial charge in [-0.25, -0.2) is 0 Å². The summed E-state index contributed by atoms with van der Waals surface area (Å²) >= 11 is 1.84. The van der Waals surface area contributed by atoms with Gasteiger partial charge < -0.3 is 14.8 Å². The molecule has 1 aromatic heterocycles. The lowest BCUT2D eigenvalue weighted by molar-refractivity contribution is 0.311. The van der Waals surface area contributed by atoms with Crippen molar-refractivity contribution in [2.24, 2.45) is 0 Å². The maximum absolute atomic E-state index is 5.52. The quantitative estimate of drug-likeness (QED) is 0.856. The summed E-state index contributed by atoms with van der Waals surface area (Å²) in [4.78, 5) is 2.72. The minimum atomic E-state index is 0.635. The highest BCUT2D eigenvalue weighted by atomic mass is 32.1. The van der Waals surface area contributed by atoms with Crippen molar-refractivity contribution in [1.29, 1.82) is 0 Å². The first kappa shape index (κ1) is 14.7. The van der Waals surface area contributed by atoms with Gasteiger partial charge in [0.2, 0.25) is 0 Å². The normalized spacial score (nSPS) is 10.4. The van der Waals surface area contributed by atoms with E-state index >= 15 is 0 Å². The van der Waals surface area contributed by atoms with Gasteiger partial charge in [0.05, 0.1) is 13.7 Å². The van der Waals surface area contributed by atoms with Gasteiger partial charge in [-0.2, -0.15) is 0 Å². The second-order valence-electron chi connectivity index (χ2n) is 4.59. The predicted molar refractivity (Wildman–Crippen MR) is 85.3 cm³/mol. The molecular weight excluding hydrogens is 270 g/mol. The van der Waals surface area contributed by atoms with Crippen LogP contribution in [0, 0.1) is 13.8 Å². The van der Waals surface area contributed by atoms with Gasteiger partial charge in [-0.15, -0.1) is 11.3 Å². The van der Waals surface area contributed by atoms with Crippen LogP contribution < -0.4 is 14.8 Å². The largest absolute Gasteiger partial charge is 0.493 e. The van der Waals surface area contributed by atoms with Gasteiger partial charge in [0, 0.05) is 28.1 Å². The van der Waals surface area contributed by atoms with E-state index in [1.807, 2.05) is 36.5 Å². The molecule has 0 spiro atoms. The summed E-state index contributed by atoms with van der Waals surface area (Å²) in [5, 5.41) is 3.43. The van der Waals surface area contributed by atoms with E-state index in [1.165, 1.54) is 15.3 Å². The summed E-state index contributed by atoms with van der Waals surface area (Å²) in [6.45, 7) is 7.73. The van der Waals surface area contributed by atoms with Gasteiger partial charge in [-0.05, 0) is 44.5 Å².